The van der Waals surface area contributed by atoms with Gasteiger partial charge in [-0.25, -0.2) is 9.78 Å². The molecule has 3 N–H and O–H groups in total. The number of amides is 3. The molecule has 5 rings (SSSR count). The van der Waals surface area contributed by atoms with Gasteiger partial charge in [-0.1, -0.05) is 12.0 Å². The molecule has 4 heterocycles. The predicted molar refractivity (Wildman–Crippen MR) is 146 cm³/mol. The van der Waals surface area contributed by atoms with Crippen LogP contribution in [0.2, 0.25) is 0 Å². The van der Waals surface area contributed by atoms with Crippen molar-refractivity contribution in [3.8, 4) is 23.3 Å². The first-order valence-electron chi connectivity index (χ1n) is 13.1. The number of hydrogen-bond acceptors (Lipinski definition) is 10. The van der Waals surface area contributed by atoms with Crippen LogP contribution >= 0.6 is 0 Å². The van der Waals surface area contributed by atoms with Gasteiger partial charge in [-0.15, -0.1) is 0 Å². The molecular weight excluding hydrogens is 516 g/mol. The zero-order valence-electron chi connectivity index (χ0n) is 22.9. The van der Waals surface area contributed by atoms with Crippen molar-refractivity contribution in [3.63, 3.8) is 0 Å². The Hall–Kier alpha value is -3.89. The third-order valence-electron chi connectivity index (χ3n) is 7.50. The second-order valence-corrected chi connectivity index (χ2v) is 9.95. The highest BCUT2D eigenvalue weighted by Crippen LogP contribution is 2.35. The van der Waals surface area contributed by atoms with Crippen molar-refractivity contribution in [2.45, 2.75) is 18.3 Å². The molecule has 0 spiro atoms. The van der Waals surface area contributed by atoms with Gasteiger partial charge in [0.25, 0.3) is 5.91 Å². The lowest BCUT2D eigenvalue weighted by Gasteiger charge is -2.35. The summed E-state index contributed by atoms with van der Waals surface area (Å²) in [6.07, 6.45) is -0.993. The second-order valence-electron chi connectivity index (χ2n) is 9.95. The van der Waals surface area contributed by atoms with Gasteiger partial charge in [0.2, 0.25) is 0 Å². The Morgan fingerprint density at radius 1 is 1.10 bits per heavy atom. The van der Waals surface area contributed by atoms with Crippen LogP contribution in [0, 0.1) is 11.8 Å². The molecule has 1 aromatic heterocycles. The molecule has 3 aliphatic rings. The maximum absolute atomic E-state index is 13.1. The quantitative estimate of drug-likeness (QED) is 0.312. The van der Waals surface area contributed by atoms with E-state index in [1.165, 1.54) is 7.11 Å². The average Bonchev–Trinajstić information content (AvgIpc) is 3.43. The van der Waals surface area contributed by atoms with E-state index in [1.807, 2.05) is 18.2 Å². The summed E-state index contributed by atoms with van der Waals surface area (Å²) >= 11 is 0. The summed E-state index contributed by atoms with van der Waals surface area (Å²) in [6.45, 7) is 5.30. The number of anilines is 1. The van der Waals surface area contributed by atoms with Gasteiger partial charge in [-0.05, 0) is 35.7 Å². The lowest BCUT2D eigenvalue weighted by molar-refractivity contribution is -0.123. The number of aliphatic hydroxyl groups is 1. The van der Waals surface area contributed by atoms with Gasteiger partial charge in [-0.3, -0.25) is 19.9 Å². The Morgan fingerprint density at radius 2 is 1.90 bits per heavy atom. The molecule has 0 saturated carbocycles. The standard InChI is InChI=1S/C28H34N6O6/c1-38-15-14-32-10-12-33(13-11-32)24-7-6-23(40-3)22(29-24)8-9-28(26(36)30-27(37)31-28)18-34-17-19-4-5-20(39-2)16-21(19)25(34)35/h4-7,16,25,35H,10-15,17-18H2,1-3H3,(H2,30,31,36,37). The molecule has 2 aromatic rings. The van der Waals surface area contributed by atoms with Crippen molar-refractivity contribution < 1.29 is 28.9 Å². The first-order chi connectivity index (χ1) is 19.4. The molecule has 212 valence electrons. The van der Waals surface area contributed by atoms with Gasteiger partial charge in [0.05, 0.1) is 20.8 Å². The van der Waals surface area contributed by atoms with E-state index in [4.69, 9.17) is 19.2 Å². The maximum Gasteiger partial charge on any atom is 0.323 e. The number of carbonyl (C=O) groups is 2. The molecule has 12 heteroatoms. The van der Waals surface area contributed by atoms with Gasteiger partial charge < -0.3 is 29.5 Å². The van der Waals surface area contributed by atoms with Gasteiger partial charge in [0.1, 0.15) is 17.8 Å². The van der Waals surface area contributed by atoms with E-state index in [9.17, 15) is 14.7 Å². The highest BCUT2D eigenvalue weighted by Gasteiger charge is 2.48. The third-order valence-corrected chi connectivity index (χ3v) is 7.50. The number of rotatable bonds is 8. The van der Waals surface area contributed by atoms with Crippen LogP contribution in [0.5, 0.6) is 11.5 Å². The van der Waals surface area contributed by atoms with E-state index < -0.39 is 23.7 Å². The zero-order valence-corrected chi connectivity index (χ0v) is 22.9. The number of ether oxygens (including phenoxy) is 3. The molecule has 3 amide bonds. The average molecular weight is 551 g/mol. The summed E-state index contributed by atoms with van der Waals surface area (Å²) in [6, 6.07) is 8.51. The summed E-state index contributed by atoms with van der Waals surface area (Å²) in [4.78, 5) is 36.3. The minimum absolute atomic E-state index is 0.0405. The summed E-state index contributed by atoms with van der Waals surface area (Å²) in [7, 11) is 4.79. The van der Waals surface area contributed by atoms with Crippen LogP contribution in [-0.2, 0) is 16.1 Å². The summed E-state index contributed by atoms with van der Waals surface area (Å²) in [5.41, 5.74) is 0.343. The number of imide groups is 1. The number of benzene rings is 1. The number of nitrogens with zero attached hydrogens (tertiary/aromatic N) is 4. The number of pyridine rings is 1. The Balaban J connectivity index is 1.39. The zero-order chi connectivity index (χ0) is 28.3. The van der Waals surface area contributed by atoms with Crippen LogP contribution in [-0.4, -0.2) is 105 Å². The Labute approximate surface area is 233 Å². The van der Waals surface area contributed by atoms with Crippen molar-refractivity contribution in [2.75, 3.05) is 72.1 Å². The largest absolute Gasteiger partial charge is 0.497 e. The van der Waals surface area contributed by atoms with Crippen molar-refractivity contribution in [2.24, 2.45) is 0 Å². The lowest BCUT2D eigenvalue weighted by Crippen LogP contribution is -2.54. The van der Waals surface area contributed by atoms with Gasteiger partial charge in [0.15, 0.2) is 17.0 Å². The molecule has 2 atom stereocenters. The molecule has 1 aromatic carbocycles. The van der Waals surface area contributed by atoms with Crippen LogP contribution in [0.4, 0.5) is 10.6 Å². The number of nitrogens with one attached hydrogen (secondary N) is 2. The Bertz CT molecular complexity index is 1330. The molecule has 0 radical (unpaired) electrons. The van der Waals surface area contributed by atoms with E-state index in [1.54, 1.807) is 31.3 Å². The third kappa shape index (κ3) is 5.55. The topological polar surface area (TPSA) is 129 Å². The summed E-state index contributed by atoms with van der Waals surface area (Å²) < 4.78 is 16.0. The fourth-order valence-corrected chi connectivity index (χ4v) is 5.22. The monoisotopic (exact) mass is 550 g/mol. The highest BCUT2D eigenvalue weighted by atomic mass is 16.5. The smallest absolute Gasteiger partial charge is 0.323 e. The SMILES string of the molecule is COCCN1CCN(c2ccc(OC)c(C#CC3(CN4Cc5ccc(OC)cc5C4O)NC(=O)NC3=O)n2)CC1. The molecule has 0 aliphatic carbocycles. The predicted octanol–water partition coefficient (Wildman–Crippen LogP) is 0.304. The Kier molecular flexibility index (Phi) is 8.09. The molecule has 3 aliphatic heterocycles. The van der Waals surface area contributed by atoms with Crippen LogP contribution in [0.25, 0.3) is 0 Å². The molecule has 0 bridgehead atoms. The van der Waals surface area contributed by atoms with Crippen LogP contribution < -0.4 is 25.0 Å². The van der Waals surface area contributed by atoms with Crippen molar-refractivity contribution in [1.29, 1.82) is 0 Å². The number of hydrogen-bond donors (Lipinski definition) is 3. The van der Waals surface area contributed by atoms with Crippen molar-refractivity contribution in [3.05, 3.63) is 47.2 Å². The van der Waals surface area contributed by atoms with Crippen molar-refractivity contribution >= 4 is 17.8 Å². The molecule has 12 nitrogen and oxygen atoms in total. The second kappa shape index (κ2) is 11.7. The fourth-order valence-electron chi connectivity index (χ4n) is 5.22. The number of aliphatic hydroxyl groups excluding tert-OH is 1. The summed E-state index contributed by atoms with van der Waals surface area (Å²) in [5.74, 6) is 7.21. The number of urea groups is 1. The van der Waals surface area contributed by atoms with E-state index in [0.717, 1.165) is 44.1 Å². The number of methoxy groups -OCH3 is 3. The number of carbonyl (C=O) groups excluding carboxylic acids is 2. The van der Waals surface area contributed by atoms with Crippen LogP contribution in [0.1, 0.15) is 23.0 Å². The number of fused-ring (bicyclic) bond motifs is 1. The van der Waals surface area contributed by atoms with Gasteiger partial charge in [0, 0.05) is 58.5 Å². The number of aromatic nitrogens is 1. The first-order valence-corrected chi connectivity index (χ1v) is 13.1. The number of piperazine rings is 1. The maximum atomic E-state index is 13.1. The van der Waals surface area contributed by atoms with E-state index in [-0.39, 0.29) is 6.54 Å². The molecule has 40 heavy (non-hydrogen) atoms. The highest BCUT2D eigenvalue weighted by molar-refractivity contribution is 6.09. The fraction of sp³-hybridized carbons (Fsp3) is 0.464. The van der Waals surface area contributed by atoms with Gasteiger partial charge >= 0.3 is 6.03 Å². The van der Waals surface area contributed by atoms with E-state index in [2.05, 4.69) is 32.3 Å². The van der Waals surface area contributed by atoms with E-state index in [0.29, 0.717) is 35.9 Å². The Morgan fingerprint density at radius 3 is 2.58 bits per heavy atom. The summed E-state index contributed by atoms with van der Waals surface area (Å²) in [5, 5.41) is 16.0. The normalized spacial score (nSPS) is 22.8. The van der Waals surface area contributed by atoms with Crippen molar-refractivity contribution in [1.82, 2.24) is 25.4 Å². The minimum atomic E-state index is -1.60. The molecule has 2 fully saturated rings. The molecule has 2 saturated heterocycles. The van der Waals surface area contributed by atoms with E-state index >= 15 is 0 Å². The van der Waals surface area contributed by atoms with Crippen LogP contribution in [0.15, 0.2) is 30.3 Å². The minimum Gasteiger partial charge on any atom is -0.497 e. The lowest BCUT2D eigenvalue weighted by atomic mass is 9.99. The molecular formula is C28H34N6O6. The molecule has 2 unspecified atom stereocenters. The first kappa shape index (κ1) is 27.7. The van der Waals surface area contributed by atoms with Crippen LogP contribution in [0.3, 0.4) is 0 Å². The van der Waals surface area contributed by atoms with Gasteiger partial charge in [-0.2, -0.15) is 0 Å².